The van der Waals surface area contributed by atoms with Crippen molar-refractivity contribution >= 4 is 5.96 Å². The van der Waals surface area contributed by atoms with E-state index in [4.69, 9.17) is 9.73 Å². The Morgan fingerprint density at radius 2 is 2.00 bits per heavy atom. The second kappa shape index (κ2) is 10.3. The number of hydrogen-bond acceptors (Lipinski definition) is 2. The Balaban J connectivity index is 1.67. The average Bonchev–Trinajstić information content (AvgIpc) is 2.54. The molecule has 0 aromatic heterocycles. The van der Waals surface area contributed by atoms with Gasteiger partial charge in [0.2, 0.25) is 0 Å². The maximum Gasteiger partial charge on any atom is 0.191 e. The van der Waals surface area contributed by atoms with Gasteiger partial charge < -0.3 is 15.4 Å². The fourth-order valence-electron chi connectivity index (χ4n) is 2.80. The van der Waals surface area contributed by atoms with E-state index in [1.54, 1.807) is 0 Å². The zero-order valence-corrected chi connectivity index (χ0v) is 14.6. The molecule has 2 N–H and O–H groups in total. The van der Waals surface area contributed by atoms with Gasteiger partial charge in [-0.05, 0) is 37.3 Å². The molecule has 1 aromatic carbocycles. The standard InChI is InChI=1S/C19H31N3O/c1-3-5-12-23-13-8-11-21-19(20-4-2)22-15-17-14-16-9-6-7-10-18(16)17/h6-7,9-10,17H,3-5,8,11-15H2,1-2H3,(H2,20,21,22). The second-order valence-corrected chi connectivity index (χ2v) is 6.07. The molecule has 0 aliphatic heterocycles. The molecule has 1 unspecified atom stereocenters. The molecule has 1 aliphatic rings. The fourth-order valence-corrected chi connectivity index (χ4v) is 2.80. The molecule has 128 valence electrons. The smallest absolute Gasteiger partial charge is 0.191 e. The van der Waals surface area contributed by atoms with Crippen molar-refractivity contribution < 1.29 is 4.74 Å². The van der Waals surface area contributed by atoms with Crippen LogP contribution in [-0.2, 0) is 11.2 Å². The summed E-state index contributed by atoms with van der Waals surface area (Å²) in [6, 6.07) is 8.69. The lowest BCUT2D eigenvalue weighted by Crippen LogP contribution is -2.38. The van der Waals surface area contributed by atoms with Crippen LogP contribution in [0.4, 0.5) is 0 Å². The molecular formula is C19H31N3O. The fraction of sp³-hybridized carbons (Fsp3) is 0.632. The maximum atomic E-state index is 5.58. The summed E-state index contributed by atoms with van der Waals surface area (Å²) in [7, 11) is 0. The first-order valence-electron chi connectivity index (χ1n) is 9.02. The van der Waals surface area contributed by atoms with Gasteiger partial charge >= 0.3 is 0 Å². The number of nitrogens with zero attached hydrogens (tertiary/aromatic N) is 1. The number of benzene rings is 1. The number of nitrogens with one attached hydrogen (secondary N) is 2. The summed E-state index contributed by atoms with van der Waals surface area (Å²) >= 11 is 0. The maximum absolute atomic E-state index is 5.58. The average molecular weight is 317 g/mol. The SMILES string of the molecule is CCCCOCCCNC(=NCC1Cc2ccccc21)NCC. The predicted octanol–water partition coefficient (Wildman–Crippen LogP) is 3.09. The van der Waals surface area contributed by atoms with Crippen molar-refractivity contribution in [2.24, 2.45) is 4.99 Å². The third-order valence-electron chi connectivity index (χ3n) is 4.18. The van der Waals surface area contributed by atoms with Crippen LogP contribution in [-0.4, -0.2) is 38.8 Å². The molecule has 0 fully saturated rings. The lowest BCUT2D eigenvalue weighted by atomic mass is 9.78. The van der Waals surface area contributed by atoms with Crippen molar-refractivity contribution in [3.05, 3.63) is 35.4 Å². The molecule has 0 amide bonds. The van der Waals surface area contributed by atoms with E-state index in [-0.39, 0.29) is 0 Å². The second-order valence-electron chi connectivity index (χ2n) is 6.07. The molecule has 1 atom stereocenters. The van der Waals surface area contributed by atoms with E-state index in [2.05, 4.69) is 48.7 Å². The summed E-state index contributed by atoms with van der Waals surface area (Å²) in [4.78, 5) is 4.74. The summed E-state index contributed by atoms with van der Waals surface area (Å²) in [6.45, 7) is 8.64. The summed E-state index contributed by atoms with van der Waals surface area (Å²) in [5.41, 5.74) is 2.95. The van der Waals surface area contributed by atoms with Crippen molar-refractivity contribution in [3.63, 3.8) is 0 Å². The van der Waals surface area contributed by atoms with Gasteiger partial charge in [-0.15, -0.1) is 0 Å². The third-order valence-corrected chi connectivity index (χ3v) is 4.18. The Morgan fingerprint density at radius 3 is 2.78 bits per heavy atom. The quantitative estimate of drug-likeness (QED) is 0.396. The van der Waals surface area contributed by atoms with E-state index < -0.39 is 0 Å². The Bertz CT molecular complexity index is 487. The highest BCUT2D eigenvalue weighted by Gasteiger charge is 2.24. The van der Waals surface area contributed by atoms with Gasteiger partial charge in [0.05, 0.1) is 0 Å². The molecule has 4 heteroatoms. The lowest BCUT2D eigenvalue weighted by molar-refractivity contribution is 0.129. The van der Waals surface area contributed by atoms with Crippen molar-refractivity contribution in [3.8, 4) is 0 Å². The number of ether oxygens (including phenoxy) is 1. The third kappa shape index (κ3) is 5.87. The topological polar surface area (TPSA) is 45.6 Å². The normalized spacial score (nSPS) is 16.6. The van der Waals surface area contributed by atoms with Crippen molar-refractivity contribution in [2.75, 3.05) is 32.8 Å². The highest BCUT2D eigenvalue weighted by molar-refractivity contribution is 5.79. The van der Waals surface area contributed by atoms with Crippen molar-refractivity contribution in [1.29, 1.82) is 0 Å². The molecular weight excluding hydrogens is 286 g/mol. The molecule has 0 radical (unpaired) electrons. The lowest BCUT2D eigenvalue weighted by Gasteiger charge is -2.28. The minimum Gasteiger partial charge on any atom is -0.381 e. The minimum absolute atomic E-state index is 0.582. The van der Waals surface area contributed by atoms with E-state index in [9.17, 15) is 0 Å². The van der Waals surface area contributed by atoms with Crippen molar-refractivity contribution in [1.82, 2.24) is 10.6 Å². The first kappa shape index (κ1) is 17.8. The van der Waals surface area contributed by atoms with Crippen LogP contribution >= 0.6 is 0 Å². The number of guanidine groups is 1. The van der Waals surface area contributed by atoms with Gasteiger partial charge in [0.1, 0.15) is 0 Å². The van der Waals surface area contributed by atoms with Gasteiger partial charge in [0.25, 0.3) is 0 Å². The van der Waals surface area contributed by atoms with Crippen LogP contribution in [0.1, 0.15) is 50.2 Å². The predicted molar refractivity (Wildman–Crippen MR) is 97.2 cm³/mol. The van der Waals surface area contributed by atoms with Gasteiger partial charge in [0, 0.05) is 38.8 Å². The summed E-state index contributed by atoms with van der Waals surface area (Å²) in [5.74, 6) is 1.50. The van der Waals surface area contributed by atoms with E-state index in [1.165, 1.54) is 17.5 Å². The van der Waals surface area contributed by atoms with Crippen LogP contribution in [0.25, 0.3) is 0 Å². The molecule has 0 heterocycles. The van der Waals surface area contributed by atoms with Crippen LogP contribution in [0.3, 0.4) is 0 Å². The molecule has 1 aromatic rings. The minimum atomic E-state index is 0.582. The number of rotatable bonds is 10. The summed E-state index contributed by atoms with van der Waals surface area (Å²) in [6.07, 6.45) is 4.52. The van der Waals surface area contributed by atoms with Crippen LogP contribution in [0, 0.1) is 0 Å². The Labute approximate surface area is 140 Å². The zero-order valence-electron chi connectivity index (χ0n) is 14.6. The largest absolute Gasteiger partial charge is 0.381 e. The number of unbranched alkanes of at least 4 members (excludes halogenated alkanes) is 1. The van der Waals surface area contributed by atoms with E-state index in [0.29, 0.717) is 5.92 Å². The summed E-state index contributed by atoms with van der Waals surface area (Å²) < 4.78 is 5.58. The van der Waals surface area contributed by atoms with E-state index in [0.717, 1.165) is 58.1 Å². The van der Waals surface area contributed by atoms with Crippen LogP contribution in [0.15, 0.2) is 29.3 Å². The number of hydrogen-bond donors (Lipinski definition) is 2. The zero-order chi connectivity index (χ0) is 16.3. The van der Waals surface area contributed by atoms with Gasteiger partial charge in [-0.1, -0.05) is 37.6 Å². The van der Waals surface area contributed by atoms with E-state index in [1.807, 2.05) is 0 Å². The van der Waals surface area contributed by atoms with Crippen LogP contribution < -0.4 is 10.6 Å². The van der Waals surface area contributed by atoms with Crippen LogP contribution in [0.5, 0.6) is 0 Å². The molecule has 0 saturated carbocycles. The molecule has 1 aliphatic carbocycles. The van der Waals surface area contributed by atoms with Gasteiger partial charge in [0.15, 0.2) is 5.96 Å². The number of fused-ring (bicyclic) bond motifs is 1. The highest BCUT2D eigenvalue weighted by Crippen LogP contribution is 2.34. The molecule has 2 rings (SSSR count). The van der Waals surface area contributed by atoms with Gasteiger partial charge in [-0.25, -0.2) is 0 Å². The monoisotopic (exact) mass is 317 g/mol. The first-order valence-corrected chi connectivity index (χ1v) is 9.02. The van der Waals surface area contributed by atoms with Crippen LogP contribution in [0.2, 0.25) is 0 Å². The van der Waals surface area contributed by atoms with Gasteiger partial charge in [-0.3, -0.25) is 4.99 Å². The Hall–Kier alpha value is -1.55. The highest BCUT2D eigenvalue weighted by atomic mass is 16.5. The Morgan fingerprint density at radius 1 is 1.17 bits per heavy atom. The molecule has 0 bridgehead atoms. The molecule has 0 saturated heterocycles. The first-order chi connectivity index (χ1) is 11.3. The van der Waals surface area contributed by atoms with Crippen molar-refractivity contribution in [2.45, 2.75) is 45.4 Å². The molecule has 23 heavy (non-hydrogen) atoms. The van der Waals surface area contributed by atoms with Gasteiger partial charge in [-0.2, -0.15) is 0 Å². The summed E-state index contributed by atoms with van der Waals surface area (Å²) in [5, 5.41) is 6.72. The Kier molecular flexibility index (Phi) is 7.95. The number of aliphatic imine (C=N–C) groups is 1. The van der Waals surface area contributed by atoms with E-state index >= 15 is 0 Å². The molecule has 0 spiro atoms. The molecule has 4 nitrogen and oxygen atoms in total.